The molecule has 1 heterocycles. The molecular formula is C14H21N3O. The van der Waals surface area contributed by atoms with E-state index >= 15 is 0 Å². The van der Waals surface area contributed by atoms with Crippen LogP contribution in [0.15, 0.2) is 18.2 Å². The lowest BCUT2D eigenvalue weighted by molar-refractivity contribution is 0.319. The molecule has 0 saturated carbocycles. The van der Waals surface area contributed by atoms with Crippen molar-refractivity contribution in [3.05, 3.63) is 29.3 Å². The molecule has 0 aliphatic carbocycles. The van der Waals surface area contributed by atoms with E-state index in [4.69, 9.17) is 15.9 Å². The Bertz CT molecular complexity index is 445. The topological polar surface area (TPSA) is 62.3 Å². The molecular weight excluding hydrogens is 226 g/mol. The van der Waals surface area contributed by atoms with Gasteiger partial charge in [0.05, 0.1) is 12.7 Å². The van der Waals surface area contributed by atoms with Crippen LogP contribution in [0.4, 0.5) is 0 Å². The number of amidine groups is 1. The molecule has 0 radical (unpaired) electrons. The minimum atomic E-state index is 0.0493. The highest BCUT2D eigenvalue weighted by atomic mass is 16.5. The van der Waals surface area contributed by atoms with Crippen molar-refractivity contribution in [3.8, 4) is 5.75 Å². The molecule has 2 rings (SSSR count). The Hall–Kier alpha value is -1.55. The summed E-state index contributed by atoms with van der Waals surface area (Å²) in [5.41, 5.74) is 7.39. The van der Waals surface area contributed by atoms with Crippen molar-refractivity contribution in [2.45, 2.75) is 19.9 Å². The largest absolute Gasteiger partial charge is 0.496 e. The second-order valence-electron chi connectivity index (χ2n) is 5.08. The zero-order chi connectivity index (χ0) is 13.1. The normalized spacial score (nSPS) is 20.0. The first kappa shape index (κ1) is 12.9. The van der Waals surface area contributed by atoms with Gasteiger partial charge in [0.15, 0.2) is 0 Å². The lowest BCUT2D eigenvalue weighted by atomic mass is 10.1. The summed E-state index contributed by atoms with van der Waals surface area (Å²) in [5, 5.41) is 7.49. The molecule has 1 aliphatic rings. The summed E-state index contributed by atoms with van der Waals surface area (Å²) in [6.45, 7) is 5.56. The quantitative estimate of drug-likeness (QED) is 0.630. The summed E-state index contributed by atoms with van der Waals surface area (Å²) in [7, 11) is 1.61. The average Bonchev–Trinajstić information content (AvgIpc) is 2.74. The van der Waals surface area contributed by atoms with Gasteiger partial charge < -0.3 is 10.5 Å². The minimum absolute atomic E-state index is 0.0493. The number of likely N-dealkylation sites (tertiary alicyclic amines) is 1. The van der Waals surface area contributed by atoms with Gasteiger partial charge in [0, 0.05) is 13.1 Å². The molecule has 4 heteroatoms. The van der Waals surface area contributed by atoms with E-state index in [1.807, 2.05) is 18.2 Å². The maximum absolute atomic E-state index is 7.49. The molecule has 1 atom stereocenters. The Morgan fingerprint density at radius 2 is 2.33 bits per heavy atom. The third-order valence-corrected chi connectivity index (χ3v) is 3.47. The van der Waals surface area contributed by atoms with E-state index in [9.17, 15) is 0 Å². The van der Waals surface area contributed by atoms with Gasteiger partial charge in [-0.2, -0.15) is 0 Å². The van der Waals surface area contributed by atoms with Crippen LogP contribution in [0.25, 0.3) is 0 Å². The fourth-order valence-corrected chi connectivity index (χ4v) is 2.48. The number of nitrogen functional groups attached to an aromatic ring is 1. The van der Waals surface area contributed by atoms with E-state index in [0.717, 1.165) is 25.6 Å². The first-order valence-corrected chi connectivity index (χ1v) is 6.34. The molecule has 0 bridgehead atoms. The summed E-state index contributed by atoms with van der Waals surface area (Å²) in [6, 6.07) is 5.89. The Morgan fingerprint density at radius 1 is 1.56 bits per heavy atom. The standard InChI is InChI=1S/C14H21N3O/c1-10-5-6-17(8-10)9-11-3-4-12(14(15)16)13(7-11)18-2/h3-4,7,10H,5-6,8-9H2,1-2H3,(H3,15,16). The van der Waals surface area contributed by atoms with Gasteiger partial charge in [0.25, 0.3) is 0 Å². The van der Waals surface area contributed by atoms with E-state index in [1.54, 1.807) is 7.11 Å². The second kappa shape index (κ2) is 5.40. The number of methoxy groups -OCH3 is 1. The van der Waals surface area contributed by atoms with E-state index < -0.39 is 0 Å². The molecule has 1 unspecified atom stereocenters. The number of benzene rings is 1. The average molecular weight is 247 g/mol. The van der Waals surface area contributed by atoms with Gasteiger partial charge in [-0.25, -0.2) is 0 Å². The lowest BCUT2D eigenvalue weighted by Crippen LogP contribution is -2.20. The number of nitrogens with two attached hydrogens (primary N) is 1. The number of ether oxygens (including phenoxy) is 1. The van der Waals surface area contributed by atoms with Crippen molar-refractivity contribution in [3.63, 3.8) is 0 Å². The van der Waals surface area contributed by atoms with E-state index in [2.05, 4.69) is 11.8 Å². The highest BCUT2D eigenvalue weighted by Gasteiger charge is 2.19. The first-order chi connectivity index (χ1) is 8.60. The minimum Gasteiger partial charge on any atom is -0.496 e. The van der Waals surface area contributed by atoms with Crippen molar-refractivity contribution in [2.24, 2.45) is 11.7 Å². The Kier molecular flexibility index (Phi) is 3.87. The molecule has 1 aliphatic heterocycles. The van der Waals surface area contributed by atoms with Crippen LogP contribution in [0.2, 0.25) is 0 Å². The predicted molar refractivity (Wildman–Crippen MR) is 73.1 cm³/mol. The monoisotopic (exact) mass is 247 g/mol. The zero-order valence-corrected chi connectivity index (χ0v) is 11.1. The first-order valence-electron chi connectivity index (χ1n) is 6.34. The van der Waals surface area contributed by atoms with E-state index in [1.165, 1.54) is 12.0 Å². The van der Waals surface area contributed by atoms with Gasteiger partial charge in [0.2, 0.25) is 0 Å². The summed E-state index contributed by atoms with van der Waals surface area (Å²) in [6.07, 6.45) is 1.28. The maximum atomic E-state index is 7.49. The van der Waals surface area contributed by atoms with Gasteiger partial charge in [-0.05, 0) is 36.6 Å². The third kappa shape index (κ3) is 2.82. The smallest absolute Gasteiger partial charge is 0.130 e. The Labute approximate surface area is 108 Å². The van der Waals surface area contributed by atoms with E-state index in [-0.39, 0.29) is 5.84 Å². The molecule has 98 valence electrons. The molecule has 1 saturated heterocycles. The molecule has 4 nitrogen and oxygen atoms in total. The van der Waals surface area contributed by atoms with Gasteiger partial charge in [0.1, 0.15) is 11.6 Å². The molecule has 0 amide bonds. The Morgan fingerprint density at radius 3 is 2.89 bits per heavy atom. The molecule has 0 spiro atoms. The summed E-state index contributed by atoms with van der Waals surface area (Å²) in [5.74, 6) is 1.53. The molecule has 0 aromatic heterocycles. The van der Waals surface area contributed by atoms with Crippen LogP contribution in [0.1, 0.15) is 24.5 Å². The van der Waals surface area contributed by atoms with Crippen LogP contribution in [-0.4, -0.2) is 30.9 Å². The van der Waals surface area contributed by atoms with Crippen molar-refractivity contribution in [1.29, 1.82) is 5.41 Å². The number of nitrogens with one attached hydrogen (secondary N) is 1. The van der Waals surface area contributed by atoms with Crippen LogP contribution in [0, 0.1) is 11.3 Å². The van der Waals surface area contributed by atoms with Crippen LogP contribution >= 0.6 is 0 Å². The summed E-state index contributed by atoms with van der Waals surface area (Å²) >= 11 is 0. The fraction of sp³-hybridized carbons (Fsp3) is 0.500. The zero-order valence-electron chi connectivity index (χ0n) is 11.1. The third-order valence-electron chi connectivity index (χ3n) is 3.47. The fourth-order valence-electron chi connectivity index (χ4n) is 2.48. The van der Waals surface area contributed by atoms with Gasteiger partial charge in [-0.1, -0.05) is 13.0 Å². The SMILES string of the molecule is COc1cc(CN2CCC(C)C2)ccc1C(=N)N. The highest BCUT2D eigenvalue weighted by molar-refractivity contribution is 5.97. The van der Waals surface area contributed by atoms with Crippen LogP contribution in [0.5, 0.6) is 5.75 Å². The van der Waals surface area contributed by atoms with Crippen molar-refractivity contribution in [2.75, 3.05) is 20.2 Å². The predicted octanol–water partition coefficient (Wildman–Crippen LogP) is 1.82. The van der Waals surface area contributed by atoms with Gasteiger partial charge in [-0.3, -0.25) is 10.3 Å². The van der Waals surface area contributed by atoms with Crippen molar-refractivity contribution < 1.29 is 4.74 Å². The Balaban J connectivity index is 2.12. The van der Waals surface area contributed by atoms with Crippen LogP contribution in [-0.2, 0) is 6.54 Å². The molecule has 1 fully saturated rings. The van der Waals surface area contributed by atoms with Crippen molar-refractivity contribution >= 4 is 5.84 Å². The number of rotatable bonds is 4. The van der Waals surface area contributed by atoms with Crippen LogP contribution in [0.3, 0.4) is 0 Å². The molecule has 18 heavy (non-hydrogen) atoms. The van der Waals surface area contributed by atoms with Crippen molar-refractivity contribution in [1.82, 2.24) is 4.90 Å². The molecule has 3 N–H and O–H groups in total. The highest BCUT2D eigenvalue weighted by Crippen LogP contribution is 2.23. The number of hydrogen-bond acceptors (Lipinski definition) is 3. The molecule has 1 aromatic rings. The molecule has 1 aromatic carbocycles. The number of hydrogen-bond donors (Lipinski definition) is 2. The van der Waals surface area contributed by atoms with Crippen LogP contribution < -0.4 is 10.5 Å². The van der Waals surface area contributed by atoms with Gasteiger partial charge >= 0.3 is 0 Å². The summed E-state index contributed by atoms with van der Waals surface area (Å²) < 4.78 is 5.29. The maximum Gasteiger partial charge on any atom is 0.130 e. The summed E-state index contributed by atoms with van der Waals surface area (Å²) in [4.78, 5) is 2.45. The van der Waals surface area contributed by atoms with E-state index in [0.29, 0.717) is 11.3 Å². The lowest BCUT2D eigenvalue weighted by Gasteiger charge is -2.16. The number of nitrogens with zero attached hydrogens (tertiary/aromatic N) is 1. The second-order valence-corrected chi connectivity index (χ2v) is 5.08. The van der Waals surface area contributed by atoms with Gasteiger partial charge in [-0.15, -0.1) is 0 Å².